The monoisotopic (exact) mass is 420 g/mol. The van der Waals surface area contributed by atoms with Crippen molar-refractivity contribution in [2.45, 2.75) is 19.8 Å². The minimum Gasteiger partial charge on any atom is -0.492 e. The zero-order valence-corrected chi connectivity index (χ0v) is 16.7. The molecule has 0 aliphatic rings. The molecule has 0 atom stereocenters. The fourth-order valence-corrected chi connectivity index (χ4v) is 2.80. The molecule has 2 rings (SSSR count). The van der Waals surface area contributed by atoms with Gasteiger partial charge in [-0.2, -0.15) is 0 Å². The molecule has 2 aromatic carbocycles. The number of hydrogen-bond donors (Lipinski definition) is 1. The second-order valence-electron chi connectivity index (χ2n) is 5.50. The number of benzene rings is 2. The summed E-state index contributed by atoms with van der Waals surface area (Å²) in [6.45, 7) is 2.77. The van der Waals surface area contributed by atoms with E-state index in [0.717, 1.165) is 28.8 Å². The molecule has 0 saturated carbocycles. The number of para-hydroxylation sites is 1. The fraction of sp³-hybridized carbons (Fsp3) is 0.263. The maximum absolute atomic E-state index is 12.4. The number of ether oxygens (including phenoxy) is 1. The van der Waals surface area contributed by atoms with Crippen molar-refractivity contribution in [3.8, 4) is 5.75 Å². The van der Waals surface area contributed by atoms with Crippen LogP contribution >= 0.6 is 28.1 Å². The van der Waals surface area contributed by atoms with Crippen LogP contribution in [0.15, 0.2) is 53.0 Å². The number of rotatable bonds is 6. The minimum atomic E-state index is -0.256. The molecule has 0 heterocycles. The predicted octanol–water partition coefficient (Wildman–Crippen LogP) is 4.78. The van der Waals surface area contributed by atoms with E-state index in [2.05, 4.69) is 28.2 Å². The Hall–Kier alpha value is -1.92. The third kappa shape index (κ3) is 5.54. The molecule has 0 aromatic heterocycles. The normalized spacial score (nSPS) is 10.2. The Balaban J connectivity index is 2.00. The Kier molecular flexibility index (Phi) is 7.40. The summed E-state index contributed by atoms with van der Waals surface area (Å²) < 4.78 is 6.43. The summed E-state index contributed by atoms with van der Waals surface area (Å²) in [6, 6.07) is 14.9. The quantitative estimate of drug-likeness (QED) is 0.539. The first-order chi connectivity index (χ1) is 12.0. The van der Waals surface area contributed by atoms with Crippen LogP contribution in [0, 0.1) is 0 Å². The molecule has 0 saturated heterocycles. The Morgan fingerprint density at radius 2 is 1.96 bits per heavy atom. The van der Waals surface area contributed by atoms with Crippen LogP contribution in [0.25, 0.3) is 0 Å². The summed E-state index contributed by atoms with van der Waals surface area (Å²) in [5, 5.41) is 3.09. The molecule has 0 aliphatic carbocycles. The third-order valence-electron chi connectivity index (χ3n) is 3.62. The number of nitrogens with zero attached hydrogens (tertiary/aromatic N) is 1. The van der Waals surface area contributed by atoms with Crippen molar-refractivity contribution in [3.63, 3.8) is 0 Å². The molecule has 2 aromatic rings. The number of halogens is 1. The molecule has 0 fully saturated rings. The number of amides is 1. The van der Waals surface area contributed by atoms with Gasteiger partial charge in [-0.3, -0.25) is 10.1 Å². The fourth-order valence-electron chi connectivity index (χ4n) is 2.11. The molecule has 0 aliphatic heterocycles. The van der Waals surface area contributed by atoms with Gasteiger partial charge in [-0.15, -0.1) is 0 Å². The van der Waals surface area contributed by atoms with Crippen LogP contribution < -0.4 is 15.0 Å². The average molecular weight is 421 g/mol. The van der Waals surface area contributed by atoms with Gasteiger partial charge in [0, 0.05) is 18.3 Å². The topological polar surface area (TPSA) is 41.6 Å². The number of thiocarbonyl (C=S) groups is 1. The highest BCUT2D eigenvalue weighted by molar-refractivity contribution is 9.10. The first-order valence-electron chi connectivity index (χ1n) is 8.09. The molecule has 1 amide bonds. The second-order valence-corrected chi connectivity index (χ2v) is 6.74. The first kappa shape index (κ1) is 19.4. The van der Waals surface area contributed by atoms with E-state index in [1.165, 1.54) is 0 Å². The molecule has 0 radical (unpaired) electrons. The van der Waals surface area contributed by atoms with Gasteiger partial charge in [-0.1, -0.05) is 31.5 Å². The molecule has 0 bridgehead atoms. The van der Waals surface area contributed by atoms with Gasteiger partial charge in [-0.05, 0) is 64.9 Å². The number of carbonyl (C=O) groups is 1. The van der Waals surface area contributed by atoms with E-state index in [1.54, 1.807) is 23.1 Å². The molecule has 25 heavy (non-hydrogen) atoms. The van der Waals surface area contributed by atoms with Crippen molar-refractivity contribution < 1.29 is 9.53 Å². The number of anilines is 1. The lowest BCUT2D eigenvalue weighted by Crippen LogP contribution is -2.40. The molecule has 0 unspecified atom stereocenters. The lowest BCUT2D eigenvalue weighted by molar-refractivity contribution is 0.0977. The van der Waals surface area contributed by atoms with Crippen molar-refractivity contribution in [2.75, 3.05) is 18.6 Å². The van der Waals surface area contributed by atoms with Crippen LogP contribution in [0.3, 0.4) is 0 Å². The van der Waals surface area contributed by atoms with Gasteiger partial charge in [0.2, 0.25) is 0 Å². The third-order valence-corrected chi connectivity index (χ3v) is 4.61. The minimum absolute atomic E-state index is 0.256. The molecule has 0 spiro atoms. The highest BCUT2D eigenvalue weighted by Crippen LogP contribution is 2.26. The van der Waals surface area contributed by atoms with Gasteiger partial charge in [-0.25, -0.2) is 0 Å². The number of nitrogens with one attached hydrogen (secondary N) is 1. The van der Waals surface area contributed by atoms with E-state index in [9.17, 15) is 4.79 Å². The van der Waals surface area contributed by atoms with E-state index >= 15 is 0 Å². The van der Waals surface area contributed by atoms with Gasteiger partial charge in [0.25, 0.3) is 5.91 Å². The summed E-state index contributed by atoms with van der Waals surface area (Å²) in [5.74, 6) is 0.475. The van der Waals surface area contributed by atoms with E-state index in [1.807, 2.05) is 37.4 Å². The zero-order chi connectivity index (χ0) is 18.2. The van der Waals surface area contributed by atoms with E-state index < -0.39 is 0 Å². The maximum atomic E-state index is 12.4. The summed E-state index contributed by atoms with van der Waals surface area (Å²) >= 11 is 8.77. The average Bonchev–Trinajstić information content (AvgIpc) is 2.63. The molecule has 6 heteroatoms. The van der Waals surface area contributed by atoms with Crippen LogP contribution in [0.4, 0.5) is 5.69 Å². The van der Waals surface area contributed by atoms with Gasteiger partial charge in [0.1, 0.15) is 5.75 Å². The van der Waals surface area contributed by atoms with Crippen molar-refractivity contribution in [1.82, 2.24) is 5.32 Å². The van der Waals surface area contributed by atoms with Crippen molar-refractivity contribution >= 4 is 44.9 Å². The summed E-state index contributed by atoms with van der Waals surface area (Å²) in [6.07, 6.45) is 2.07. The zero-order valence-electron chi connectivity index (χ0n) is 14.3. The van der Waals surface area contributed by atoms with Crippen LogP contribution in [0.5, 0.6) is 5.75 Å². The summed E-state index contributed by atoms with van der Waals surface area (Å²) in [7, 11) is 1.82. The highest BCUT2D eigenvalue weighted by atomic mass is 79.9. The summed E-state index contributed by atoms with van der Waals surface area (Å²) in [5.41, 5.74) is 1.42. The van der Waals surface area contributed by atoms with Gasteiger partial charge in [0.15, 0.2) is 5.11 Å². The highest BCUT2D eigenvalue weighted by Gasteiger charge is 2.13. The van der Waals surface area contributed by atoms with E-state index in [4.69, 9.17) is 17.0 Å². The van der Waals surface area contributed by atoms with Gasteiger partial charge >= 0.3 is 0 Å². The smallest absolute Gasteiger partial charge is 0.257 e. The van der Waals surface area contributed by atoms with Crippen LogP contribution in [0.2, 0.25) is 0 Å². The van der Waals surface area contributed by atoms with Crippen molar-refractivity contribution in [2.24, 2.45) is 0 Å². The lowest BCUT2D eigenvalue weighted by atomic mass is 10.2. The van der Waals surface area contributed by atoms with E-state index in [0.29, 0.717) is 17.3 Å². The predicted molar refractivity (Wildman–Crippen MR) is 109 cm³/mol. The molecular formula is C19H21BrN2O2S. The van der Waals surface area contributed by atoms with E-state index in [-0.39, 0.29) is 5.91 Å². The van der Waals surface area contributed by atoms with Crippen molar-refractivity contribution in [1.29, 1.82) is 0 Å². The number of carbonyl (C=O) groups excluding carboxylic acids is 1. The lowest BCUT2D eigenvalue weighted by Gasteiger charge is -2.20. The van der Waals surface area contributed by atoms with Gasteiger partial charge in [0.05, 0.1) is 11.1 Å². The van der Waals surface area contributed by atoms with Gasteiger partial charge < -0.3 is 9.64 Å². The number of unbranched alkanes of at least 4 members (excludes halogenated alkanes) is 1. The second kappa shape index (κ2) is 9.53. The molecule has 4 nitrogen and oxygen atoms in total. The molecular weight excluding hydrogens is 400 g/mol. The molecule has 132 valence electrons. The number of hydrogen-bond acceptors (Lipinski definition) is 3. The standard InChI is InChI=1S/C19H21BrN2O2S/c1-3-4-12-24-17-11-10-14(13-16(17)20)18(23)21-19(25)22(2)15-8-6-5-7-9-15/h5-11,13H,3-4,12H2,1-2H3,(H,21,23,25). The van der Waals surface area contributed by atoms with Crippen LogP contribution in [0.1, 0.15) is 30.1 Å². The largest absolute Gasteiger partial charge is 0.492 e. The Bertz CT molecular complexity index is 737. The SMILES string of the molecule is CCCCOc1ccc(C(=O)NC(=S)N(C)c2ccccc2)cc1Br. The Morgan fingerprint density at radius 1 is 1.24 bits per heavy atom. The van der Waals surface area contributed by atoms with Crippen LogP contribution in [-0.2, 0) is 0 Å². The molecule has 1 N–H and O–H groups in total. The Labute approximate surface area is 162 Å². The summed E-state index contributed by atoms with van der Waals surface area (Å²) in [4.78, 5) is 14.2. The Morgan fingerprint density at radius 3 is 2.60 bits per heavy atom. The van der Waals surface area contributed by atoms with Crippen LogP contribution in [-0.4, -0.2) is 24.7 Å². The van der Waals surface area contributed by atoms with Crippen molar-refractivity contribution in [3.05, 3.63) is 58.6 Å². The first-order valence-corrected chi connectivity index (χ1v) is 9.29. The maximum Gasteiger partial charge on any atom is 0.257 e.